The molecule has 0 aliphatic heterocycles. The third kappa shape index (κ3) is 2.57. The first-order chi connectivity index (χ1) is 8.99. The zero-order valence-electron chi connectivity index (χ0n) is 9.50. The molecule has 0 bridgehead atoms. The summed E-state index contributed by atoms with van der Waals surface area (Å²) in [7, 11) is 0. The fourth-order valence-electron chi connectivity index (χ4n) is 1.54. The summed E-state index contributed by atoms with van der Waals surface area (Å²) in [5.74, 6) is -1.07. The molecular weight excluding hydrogens is 257 g/mol. The van der Waals surface area contributed by atoms with Gasteiger partial charge in [0, 0.05) is 18.3 Å². The molecule has 0 amide bonds. The first kappa shape index (κ1) is 12.7. The van der Waals surface area contributed by atoms with Gasteiger partial charge in [0.1, 0.15) is 0 Å². The van der Waals surface area contributed by atoms with Gasteiger partial charge in [0.2, 0.25) is 5.82 Å². The van der Waals surface area contributed by atoms with Gasteiger partial charge in [-0.15, -0.1) is 0 Å². The Kier molecular flexibility index (Phi) is 3.23. The van der Waals surface area contributed by atoms with Crippen LogP contribution in [0.5, 0.6) is 0 Å². The van der Waals surface area contributed by atoms with Gasteiger partial charge in [0.25, 0.3) is 11.2 Å². The standard InChI is InChI=1S/C11H8FN3O4/c12-9-5-13-11(17)14(10(9)16)6-7-1-3-8(4-2-7)15(18)19/h1-5H,6H2,(H,13,17). The van der Waals surface area contributed by atoms with Gasteiger partial charge in [0.15, 0.2) is 0 Å². The number of nitrogens with one attached hydrogen (secondary N) is 1. The van der Waals surface area contributed by atoms with E-state index in [1.165, 1.54) is 24.3 Å². The van der Waals surface area contributed by atoms with Crippen molar-refractivity contribution >= 4 is 5.69 Å². The predicted octanol–water partition coefficient (Wildman–Crippen LogP) is 0.632. The molecule has 98 valence electrons. The summed E-state index contributed by atoms with van der Waals surface area (Å²) >= 11 is 0. The minimum Gasteiger partial charge on any atom is -0.311 e. The summed E-state index contributed by atoms with van der Waals surface area (Å²) in [5.41, 5.74) is -1.42. The summed E-state index contributed by atoms with van der Waals surface area (Å²) in [6.07, 6.45) is 0.691. The summed E-state index contributed by atoms with van der Waals surface area (Å²) < 4.78 is 13.7. The lowest BCUT2D eigenvalue weighted by molar-refractivity contribution is -0.384. The molecular formula is C11H8FN3O4. The van der Waals surface area contributed by atoms with Crippen LogP contribution in [0.2, 0.25) is 0 Å². The van der Waals surface area contributed by atoms with E-state index in [4.69, 9.17) is 0 Å². The average Bonchev–Trinajstić information content (AvgIpc) is 2.40. The molecule has 1 N–H and O–H groups in total. The SMILES string of the molecule is O=c1[nH]cc(F)c(=O)n1Cc1ccc([N+](=O)[O-])cc1. The quantitative estimate of drug-likeness (QED) is 0.650. The number of non-ortho nitro benzene ring substituents is 1. The highest BCUT2D eigenvalue weighted by Crippen LogP contribution is 2.11. The summed E-state index contributed by atoms with van der Waals surface area (Å²) in [6.45, 7) is -0.163. The number of rotatable bonds is 3. The molecule has 0 spiro atoms. The molecule has 2 rings (SSSR count). The average molecular weight is 265 g/mol. The molecule has 0 fully saturated rings. The van der Waals surface area contributed by atoms with E-state index in [1.807, 2.05) is 0 Å². The molecule has 0 saturated carbocycles. The minimum atomic E-state index is -1.07. The number of aromatic amines is 1. The Balaban J connectivity index is 2.37. The van der Waals surface area contributed by atoms with Crippen LogP contribution < -0.4 is 11.2 Å². The number of hydrogen-bond acceptors (Lipinski definition) is 4. The zero-order valence-corrected chi connectivity index (χ0v) is 9.50. The first-order valence-electron chi connectivity index (χ1n) is 5.20. The molecule has 0 atom stereocenters. The van der Waals surface area contributed by atoms with Crippen molar-refractivity contribution in [2.24, 2.45) is 0 Å². The van der Waals surface area contributed by atoms with Crippen LogP contribution in [0.1, 0.15) is 5.56 Å². The third-order valence-electron chi connectivity index (χ3n) is 2.50. The largest absolute Gasteiger partial charge is 0.328 e. The molecule has 8 heteroatoms. The first-order valence-corrected chi connectivity index (χ1v) is 5.20. The number of nitro benzene ring substituents is 1. The van der Waals surface area contributed by atoms with E-state index in [0.29, 0.717) is 16.3 Å². The molecule has 0 aliphatic rings. The summed E-state index contributed by atoms with van der Waals surface area (Å²) in [4.78, 5) is 34.8. The maximum atomic E-state index is 13.0. The second-order valence-electron chi connectivity index (χ2n) is 3.76. The molecule has 0 aliphatic carbocycles. The van der Waals surface area contributed by atoms with Crippen LogP contribution in [0, 0.1) is 15.9 Å². The minimum absolute atomic E-state index is 0.107. The van der Waals surface area contributed by atoms with Crippen LogP contribution in [0.3, 0.4) is 0 Å². The topological polar surface area (TPSA) is 98.0 Å². The van der Waals surface area contributed by atoms with Crippen LogP contribution >= 0.6 is 0 Å². The maximum absolute atomic E-state index is 13.0. The van der Waals surface area contributed by atoms with Crippen molar-refractivity contribution in [1.82, 2.24) is 9.55 Å². The molecule has 1 aromatic heterocycles. The van der Waals surface area contributed by atoms with E-state index in [-0.39, 0.29) is 12.2 Å². The highest BCUT2D eigenvalue weighted by Gasteiger charge is 2.09. The number of nitro groups is 1. The summed E-state index contributed by atoms with van der Waals surface area (Å²) in [6, 6.07) is 5.28. The lowest BCUT2D eigenvalue weighted by Crippen LogP contribution is -2.36. The van der Waals surface area contributed by atoms with Crippen molar-refractivity contribution < 1.29 is 9.31 Å². The molecule has 0 radical (unpaired) electrons. The Hall–Kier alpha value is -2.77. The van der Waals surface area contributed by atoms with Crippen LogP contribution in [-0.4, -0.2) is 14.5 Å². The number of nitrogens with zero attached hydrogens (tertiary/aromatic N) is 2. The van der Waals surface area contributed by atoms with Crippen LogP contribution in [0.4, 0.5) is 10.1 Å². The van der Waals surface area contributed by atoms with Gasteiger partial charge in [-0.25, -0.2) is 4.79 Å². The lowest BCUT2D eigenvalue weighted by Gasteiger charge is -2.04. The van der Waals surface area contributed by atoms with Gasteiger partial charge in [-0.3, -0.25) is 19.5 Å². The van der Waals surface area contributed by atoms with E-state index in [1.54, 1.807) is 0 Å². The Morgan fingerprint density at radius 1 is 1.26 bits per heavy atom. The number of benzene rings is 1. The van der Waals surface area contributed by atoms with Crippen LogP contribution in [0.25, 0.3) is 0 Å². The maximum Gasteiger partial charge on any atom is 0.328 e. The Morgan fingerprint density at radius 3 is 2.47 bits per heavy atom. The van der Waals surface area contributed by atoms with E-state index in [9.17, 15) is 24.1 Å². The molecule has 19 heavy (non-hydrogen) atoms. The van der Waals surface area contributed by atoms with Crippen LogP contribution in [0.15, 0.2) is 40.1 Å². The predicted molar refractivity (Wildman–Crippen MR) is 63.5 cm³/mol. The smallest absolute Gasteiger partial charge is 0.311 e. The number of halogens is 1. The van der Waals surface area contributed by atoms with Crippen LogP contribution in [-0.2, 0) is 6.54 Å². The molecule has 0 unspecified atom stereocenters. The van der Waals surface area contributed by atoms with Gasteiger partial charge in [-0.05, 0) is 5.56 Å². The highest BCUT2D eigenvalue weighted by atomic mass is 19.1. The normalized spacial score (nSPS) is 10.4. The van der Waals surface area contributed by atoms with Crippen molar-refractivity contribution in [3.63, 3.8) is 0 Å². The van der Waals surface area contributed by atoms with E-state index < -0.39 is 22.0 Å². The van der Waals surface area contributed by atoms with Crippen molar-refractivity contribution in [2.45, 2.75) is 6.54 Å². The third-order valence-corrected chi connectivity index (χ3v) is 2.50. The molecule has 2 aromatic rings. The van der Waals surface area contributed by atoms with E-state index in [2.05, 4.69) is 4.98 Å². The van der Waals surface area contributed by atoms with Gasteiger partial charge in [-0.1, -0.05) is 12.1 Å². The second kappa shape index (κ2) is 4.84. The second-order valence-corrected chi connectivity index (χ2v) is 3.76. The van der Waals surface area contributed by atoms with Crippen molar-refractivity contribution in [1.29, 1.82) is 0 Å². The molecule has 1 aromatic carbocycles. The van der Waals surface area contributed by atoms with Crippen molar-refractivity contribution in [2.75, 3.05) is 0 Å². The van der Waals surface area contributed by atoms with Gasteiger partial charge >= 0.3 is 5.69 Å². The van der Waals surface area contributed by atoms with Crippen molar-refractivity contribution in [3.8, 4) is 0 Å². The Labute approximate surface area is 105 Å². The molecule has 0 saturated heterocycles. The van der Waals surface area contributed by atoms with E-state index in [0.717, 1.165) is 0 Å². The molecule has 7 nitrogen and oxygen atoms in total. The monoisotopic (exact) mass is 265 g/mol. The fraction of sp³-hybridized carbons (Fsp3) is 0.0909. The number of hydrogen-bond donors (Lipinski definition) is 1. The molecule has 1 heterocycles. The van der Waals surface area contributed by atoms with E-state index >= 15 is 0 Å². The Bertz CT molecular complexity index is 733. The lowest BCUT2D eigenvalue weighted by atomic mass is 10.2. The zero-order chi connectivity index (χ0) is 14.0. The fourth-order valence-corrected chi connectivity index (χ4v) is 1.54. The highest BCUT2D eigenvalue weighted by molar-refractivity contribution is 5.32. The number of H-pyrrole nitrogens is 1. The summed E-state index contributed by atoms with van der Waals surface area (Å²) in [5, 5.41) is 10.5. The van der Waals surface area contributed by atoms with Gasteiger partial charge in [-0.2, -0.15) is 4.39 Å². The Morgan fingerprint density at radius 2 is 1.89 bits per heavy atom. The van der Waals surface area contributed by atoms with Gasteiger partial charge < -0.3 is 4.98 Å². The van der Waals surface area contributed by atoms with Gasteiger partial charge in [0.05, 0.1) is 11.5 Å². The number of aromatic nitrogens is 2. The van der Waals surface area contributed by atoms with Crippen molar-refractivity contribution in [3.05, 3.63) is 72.8 Å².